The van der Waals surface area contributed by atoms with Crippen molar-refractivity contribution in [3.05, 3.63) is 29.6 Å². The third kappa shape index (κ3) is 2.74. The van der Waals surface area contributed by atoms with Gasteiger partial charge in [-0.3, -0.25) is 4.68 Å². The van der Waals surface area contributed by atoms with E-state index >= 15 is 0 Å². The van der Waals surface area contributed by atoms with Gasteiger partial charge in [-0.15, -0.1) is 0 Å². The molecular weight excluding hydrogens is 238 g/mol. The van der Waals surface area contributed by atoms with E-state index in [2.05, 4.69) is 28.4 Å². The van der Waals surface area contributed by atoms with E-state index < -0.39 is 0 Å². The first kappa shape index (κ1) is 13.1. The van der Waals surface area contributed by atoms with Gasteiger partial charge in [0.05, 0.1) is 17.0 Å². The lowest BCUT2D eigenvalue weighted by molar-refractivity contribution is 0.756. The molecule has 2 aromatic heterocycles. The summed E-state index contributed by atoms with van der Waals surface area (Å²) in [6.45, 7) is 4.83. The van der Waals surface area contributed by atoms with E-state index in [1.54, 1.807) is 10.7 Å². The summed E-state index contributed by atoms with van der Waals surface area (Å²) < 4.78 is 1.77. The van der Waals surface area contributed by atoms with Crippen LogP contribution in [0.1, 0.15) is 24.6 Å². The first-order valence-electron chi connectivity index (χ1n) is 6.31. The Kier molecular flexibility index (Phi) is 3.81. The van der Waals surface area contributed by atoms with E-state index in [-0.39, 0.29) is 0 Å². The van der Waals surface area contributed by atoms with Crippen LogP contribution in [0.2, 0.25) is 0 Å². The average molecular weight is 255 g/mol. The number of hydrogen-bond acceptors (Lipinski definition) is 4. The molecule has 0 fully saturated rings. The predicted molar refractivity (Wildman–Crippen MR) is 74.7 cm³/mol. The summed E-state index contributed by atoms with van der Waals surface area (Å²) in [6.07, 6.45) is 2.93. The number of aromatic nitrogens is 3. The van der Waals surface area contributed by atoms with Crippen LogP contribution in [-0.4, -0.2) is 21.3 Å². The summed E-state index contributed by atoms with van der Waals surface area (Å²) in [5, 5.41) is 16.6. The molecule has 2 rings (SSSR count). The Labute approximate surface area is 112 Å². The maximum absolute atomic E-state index is 9.09. The number of nitrogens with zero attached hydrogens (tertiary/aromatic N) is 4. The topological polar surface area (TPSA) is 66.5 Å². The fourth-order valence-electron chi connectivity index (χ4n) is 1.93. The summed E-state index contributed by atoms with van der Waals surface area (Å²) in [5.74, 6) is 0.644. The number of anilines is 1. The Hall–Kier alpha value is -2.35. The smallest absolute Gasteiger partial charge is 0.144 e. The lowest BCUT2D eigenvalue weighted by atomic mass is 10.1. The molecule has 0 atom stereocenters. The van der Waals surface area contributed by atoms with Crippen molar-refractivity contribution in [2.75, 3.05) is 11.9 Å². The van der Waals surface area contributed by atoms with Crippen LogP contribution in [-0.2, 0) is 7.05 Å². The molecule has 0 aromatic carbocycles. The van der Waals surface area contributed by atoms with Crippen LogP contribution in [0.25, 0.3) is 11.3 Å². The van der Waals surface area contributed by atoms with Gasteiger partial charge in [-0.05, 0) is 25.5 Å². The Bertz CT molecular complexity index is 621. The Morgan fingerprint density at radius 2 is 2.21 bits per heavy atom. The lowest BCUT2D eigenvalue weighted by Gasteiger charge is -2.07. The van der Waals surface area contributed by atoms with Crippen molar-refractivity contribution < 1.29 is 0 Å². The van der Waals surface area contributed by atoms with Crippen LogP contribution in [0.5, 0.6) is 0 Å². The molecule has 2 heterocycles. The molecule has 98 valence electrons. The van der Waals surface area contributed by atoms with Crippen LogP contribution in [0.4, 0.5) is 5.82 Å². The number of pyridine rings is 1. The fraction of sp³-hybridized carbons (Fsp3) is 0.357. The van der Waals surface area contributed by atoms with E-state index in [0.29, 0.717) is 11.4 Å². The van der Waals surface area contributed by atoms with Crippen molar-refractivity contribution in [1.82, 2.24) is 14.8 Å². The maximum atomic E-state index is 9.09. The molecule has 0 unspecified atom stereocenters. The van der Waals surface area contributed by atoms with Gasteiger partial charge in [0.15, 0.2) is 0 Å². The van der Waals surface area contributed by atoms with Crippen molar-refractivity contribution in [1.29, 1.82) is 5.26 Å². The van der Waals surface area contributed by atoms with Crippen molar-refractivity contribution in [2.45, 2.75) is 20.3 Å². The van der Waals surface area contributed by atoms with E-state index in [4.69, 9.17) is 5.26 Å². The third-order valence-corrected chi connectivity index (χ3v) is 2.85. The normalized spacial score (nSPS) is 10.2. The van der Waals surface area contributed by atoms with Crippen molar-refractivity contribution in [3.63, 3.8) is 0 Å². The highest BCUT2D eigenvalue weighted by atomic mass is 15.2. The maximum Gasteiger partial charge on any atom is 0.144 e. The average Bonchev–Trinajstić information content (AvgIpc) is 2.75. The quantitative estimate of drug-likeness (QED) is 0.911. The molecule has 0 aliphatic heterocycles. The summed E-state index contributed by atoms with van der Waals surface area (Å²) in [7, 11) is 1.89. The van der Waals surface area contributed by atoms with Gasteiger partial charge in [-0.2, -0.15) is 10.4 Å². The zero-order valence-corrected chi connectivity index (χ0v) is 11.4. The molecule has 0 amide bonds. The number of nitrogens with one attached hydrogen (secondary N) is 1. The molecule has 0 bridgehead atoms. The highest BCUT2D eigenvalue weighted by molar-refractivity contribution is 5.65. The van der Waals surface area contributed by atoms with Crippen LogP contribution in [0.3, 0.4) is 0 Å². The molecule has 5 nitrogen and oxygen atoms in total. The summed E-state index contributed by atoms with van der Waals surface area (Å²) >= 11 is 0. The van der Waals surface area contributed by atoms with Crippen molar-refractivity contribution >= 4 is 5.82 Å². The van der Waals surface area contributed by atoms with Gasteiger partial charge in [0.2, 0.25) is 0 Å². The third-order valence-electron chi connectivity index (χ3n) is 2.85. The first-order chi connectivity index (χ1) is 9.15. The highest BCUT2D eigenvalue weighted by Crippen LogP contribution is 2.23. The molecule has 0 spiro atoms. The Morgan fingerprint density at radius 3 is 2.79 bits per heavy atom. The second kappa shape index (κ2) is 5.53. The van der Waals surface area contributed by atoms with Crippen LogP contribution in [0, 0.1) is 18.3 Å². The zero-order valence-electron chi connectivity index (χ0n) is 11.4. The number of rotatable bonds is 4. The minimum atomic E-state index is 0.568. The fourth-order valence-corrected chi connectivity index (χ4v) is 1.93. The molecule has 0 aliphatic rings. The van der Waals surface area contributed by atoms with Gasteiger partial charge in [0, 0.05) is 25.4 Å². The van der Waals surface area contributed by atoms with Crippen LogP contribution < -0.4 is 5.32 Å². The summed E-state index contributed by atoms with van der Waals surface area (Å²) in [4.78, 5) is 4.54. The van der Waals surface area contributed by atoms with Gasteiger partial charge >= 0.3 is 0 Å². The summed E-state index contributed by atoms with van der Waals surface area (Å²) in [6, 6.07) is 5.82. The predicted octanol–water partition coefficient (Wildman–Crippen LogP) is 2.48. The van der Waals surface area contributed by atoms with E-state index in [1.165, 1.54) is 0 Å². The first-order valence-corrected chi connectivity index (χ1v) is 6.31. The number of aryl methyl sites for hydroxylation is 2. The largest absolute Gasteiger partial charge is 0.369 e. The summed E-state index contributed by atoms with van der Waals surface area (Å²) in [5.41, 5.74) is 3.33. The van der Waals surface area contributed by atoms with Gasteiger partial charge in [-0.25, -0.2) is 4.98 Å². The van der Waals surface area contributed by atoms with Crippen molar-refractivity contribution in [3.8, 4) is 17.3 Å². The standard InChI is InChI=1S/C14H17N5/c1-4-7-16-14-11(8-15)5-6-13(17-14)12-9-19(3)18-10(12)2/h5-6,9H,4,7H2,1-3H3,(H,16,17). The van der Waals surface area contributed by atoms with Gasteiger partial charge < -0.3 is 5.32 Å². The minimum Gasteiger partial charge on any atom is -0.369 e. The molecular formula is C14H17N5. The van der Waals surface area contributed by atoms with E-state index in [9.17, 15) is 0 Å². The van der Waals surface area contributed by atoms with Gasteiger partial charge in [0.25, 0.3) is 0 Å². The van der Waals surface area contributed by atoms with E-state index in [0.717, 1.165) is 29.9 Å². The van der Waals surface area contributed by atoms with E-state index in [1.807, 2.05) is 26.2 Å². The van der Waals surface area contributed by atoms with Crippen molar-refractivity contribution in [2.24, 2.45) is 7.05 Å². The molecule has 0 radical (unpaired) electrons. The van der Waals surface area contributed by atoms with Crippen LogP contribution in [0.15, 0.2) is 18.3 Å². The minimum absolute atomic E-state index is 0.568. The second-order valence-corrected chi connectivity index (χ2v) is 4.43. The number of hydrogen-bond donors (Lipinski definition) is 1. The van der Waals surface area contributed by atoms with Crippen LogP contribution >= 0.6 is 0 Å². The molecule has 1 N–H and O–H groups in total. The molecule has 2 aromatic rings. The highest BCUT2D eigenvalue weighted by Gasteiger charge is 2.10. The monoisotopic (exact) mass is 255 g/mol. The molecule has 0 aliphatic carbocycles. The second-order valence-electron chi connectivity index (χ2n) is 4.43. The Morgan fingerprint density at radius 1 is 1.42 bits per heavy atom. The number of nitriles is 1. The van der Waals surface area contributed by atoms with Gasteiger partial charge in [-0.1, -0.05) is 6.92 Å². The Balaban J connectivity index is 2.43. The molecule has 5 heteroatoms. The lowest BCUT2D eigenvalue weighted by Crippen LogP contribution is -2.04. The molecule has 0 saturated heterocycles. The zero-order chi connectivity index (χ0) is 13.8. The molecule has 19 heavy (non-hydrogen) atoms. The molecule has 0 saturated carbocycles. The SMILES string of the molecule is CCCNc1nc(-c2cn(C)nc2C)ccc1C#N. The van der Waals surface area contributed by atoms with Gasteiger partial charge in [0.1, 0.15) is 11.9 Å².